The first kappa shape index (κ1) is 20.1. The Morgan fingerprint density at radius 1 is 1.23 bits per heavy atom. The Morgan fingerprint density at radius 3 is 2.67 bits per heavy atom. The number of hydrogen-bond acceptors (Lipinski definition) is 4. The molecular formula is C21H21FN4O3S. The lowest BCUT2D eigenvalue weighted by Crippen LogP contribution is -2.31. The molecule has 0 saturated carbocycles. The van der Waals surface area contributed by atoms with Crippen molar-refractivity contribution < 1.29 is 17.6 Å². The number of benzene rings is 2. The van der Waals surface area contributed by atoms with Crippen molar-refractivity contribution in [1.29, 1.82) is 0 Å². The number of fused-ring (bicyclic) bond motifs is 1. The highest BCUT2D eigenvalue weighted by atomic mass is 32.2. The van der Waals surface area contributed by atoms with Gasteiger partial charge in [-0.2, -0.15) is 0 Å². The van der Waals surface area contributed by atoms with Gasteiger partial charge in [-0.25, -0.2) is 17.8 Å². The summed E-state index contributed by atoms with van der Waals surface area (Å²) in [5.74, 6) is -0.340. The summed E-state index contributed by atoms with van der Waals surface area (Å²) in [5, 5.41) is 2.87. The van der Waals surface area contributed by atoms with Gasteiger partial charge in [0.2, 0.25) is 10.0 Å². The van der Waals surface area contributed by atoms with E-state index < -0.39 is 27.8 Å². The predicted molar refractivity (Wildman–Crippen MR) is 111 cm³/mol. The van der Waals surface area contributed by atoms with Crippen molar-refractivity contribution in [2.45, 2.75) is 12.5 Å². The largest absolute Gasteiger partial charge is 0.338 e. The van der Waals surface area contributed by atoms with Gasteiger partial charge in [0.1, 0.15) is 17.7 Å². The molecule has 1 unspecified atom stereocenters. The van der Waals surface area contributed by atoms with E-state index in [0.717, 1.165) is 11.8 Å². The third-order valence-electron chi connectivity index (χ3n) is 5.20. The van der Waals surface area contributed by atoms with Crippen LogP contribution in [0.1, 0.15) is 33.4 Å². The molecule has 0 spiro atoms. The van der Waals surface area contributed by atoms with E-state index in [1.807, 2.05) is 0 Å². The van der Waals surface area contributed by atoms with Crippen molar-refractivity contribution in [3.63, 3.8) is 0 Å². The van der Waals surface area contributed by atoms with Crippen molar-refractivity contribution in [2.75, 3.05) is 17.1 Å². The number of anilines is 1. The zero-order valence-electron chi connectivity index (χ0n) is 16.5. The van der Waals surface area contributed by atoms with Gasteiger partial charge in [-0.15, -0.1) is 0 Å². The number of carbonyl (C=O) groups excluding carboxylic acids is 1. The van der Waals surface area contributed by atoms with Gasteiger partial charge in [0.25, 0.3) is 5.91 Å². The van der Waals surface area contributed by atoms with Gasteiger partial charge >= 0.3 is 0 Å². The van der Waals surface area contributed by atoms with Gasteiger partial charge in [0.15, 0.2) is 0 Å². The number of amides is 1. The maximum absolute atomic E-state index is 14.5. The molecule has 0 saturated heterocycles. The SMILES string of the molecule is Cn1ccnc1C(NC(=O)c1ccc2c(c1)CCN2S(C)(=O)=O)c1ccccc1F. The Balaban J connectivity index is 1.66. The molecular weight excluding hydrogens is 407 g/mol. The molecule has 1 N–H and O–H groups in total. The molecule has 3 aromatic rings. The topological polar surface area (TPSA) is 84.3 Å². The minimum Gasteiger partial charge on any atom is -0.338 e. The Kier molecular flexibility index (Phi) is 5.07. The average Bonchev–Trinajstić information content (AvgIpc) is 3.32. The second-order valence-corrected chi connectivity index (χ2v) is 9.16. The first-order chi connectivity index (χ1) is 14.3. The van der Waals surface area contributed by atoms with E-state index >= 15 is 0 Å². The summed E-state index contributed by atoms with van der Waals surface area (Å²) < 4.78 is 41.4. The maximum Gasteiger partial charge on any atom is 0.252 e. The van der Waals surface area contributed by atoms with E-state index in [2.05, 4.69) is 10.3 Å². The van der Waals surface area contributed by atoms with Crippen LogP contribution in [0.2, 0.25) is 0 Å². The first-order valence-electron chi connectivity index (χ1n) is 9.39. The Labute approximate surface area is 174 Å². The second kappa shape index (κ2) is 7.56. The van der Waals surface area contributed by atoms with Gasteiger partial charge in [0.05, 0.1) is 11.9 Å². The molecule has 30 heavy (non-hydrogen) atoms. The number of aryl methyl sites for hydroxylation is 1. The third-order valence-corrected chi connectivity index (χ3v) is 6.38. The maximum atomic E-state index is 14.5. The molecule has 2 heterocycles. The zero-order chi connectivity index (χ0) is 21.5. The molecule has 4 rings (SSSR count). The van der Waals surface area contributed by atoms with Crippen molar-refractivity contribution in [2.24, 2.45) is 7.05 Å². The summed E-state index contributed by atoms with van der Waals surface area (Å²) in [5.41, 5.74) is 2.06. The molecule has 1 aromatic heterocycles. The van der Waals surface area contributed by atoms with Crippen LogP contribution < -0.4 is 9.62 Å². The molecule has 0 aliphatic carbocycles. The van der Waals surface area contributed by atoms with E-state index in [1.165, 1.54) is 10.4 Å². The molecule has 0 radical (unpaired) electrons. The van der Waals surface area contributed by atoms with Gasteiger partial charge in [-0.1, -0.05) is 18.2 Å². The smallest absolute Gasteiger partial charge is 0.252 e. The number of rotatable bonds is 5. The van der Waals surface area contributed by atoms with Crippen LogP contribution in [0, 0.1) is 5.82 Å². The lowest BCUT2D eigenvalue weighted by atomic mass is 10.0. The zero-order valence-corrected chi connectivity index (χ0v) is 17.4. The fraction of sp³-hybridized carbons (Fsp3) is 0.238. The van der Waals surface area contributed by atoms with Crippen LogP contribution in [-0.2, 0) is 23.5 Å². The van der Waals surface area contributed by atoms with Crippen molar-refractivity contribution in [1.82, 2.24) is 14.9 Å². The van der Waals surface area contributed by atoms with Crippen LogP contribution >= 0.6 is 0 Å². The van der Waals surface area contributed by atoms with Crippen LogP contribution in [0.5, 0.6) is 0 Å². The monoisotopic (exact) mass is 428 g/mol. The van der Waals surface area contributed by atoms with E-state index in [-0.39, 0.29) is 0 Å². The second-order valence-electron chi connectivity index (χ2n) is 7.25. The normalized spacial score (nSPS) is 14.4. The molecule has 1 aliphatic rings. The number of hydrogen-bond donors (Lipinski definition) is 1. The summed E-state index contributed by atoms with van der Waals surface area (Å²) in [4.78, 5) is 17.3. The highest BCUT2D eigenvalue weighted by Crippen LogP contribution is 2.31. The molecule has 2 aromatic carbocycles. The van der Waals surface area contributed by atoms with Gasteiger partial charge in [-0.05, 0) is 36.2 Å². The Hall–Kier alpha value is -3.20. The summed E-state index contributed by atoms with van der Waals surface area (Å²) in [6.45, 7) is 0.352. The Bertz CT molecular complexity index is 1220. The van der Waals surface area contributed by atoms with E-state index in [0.29, 0.717) is 35.6 Å². The number of carbonyl (C=O) groups is 1. The van der Waals surface area contributed by atoms with Crippen molar-refractivity contribution in [3.05, 3.63) is 83.2 Å². The van der Waals surface area contributed by atoms with Gasteiger partial charge < -0.3 is 9.88 Å². The van der Waals surface area contributed by atoms with Gasteiger partial charge in [0, 0.05) is 37.1 Å². The van der Waals surface area contributed by atoms with E-state index in [9.17, 15) is 17.6 Å². The van der Waals surface area contributed by atoms with Crippen LogP contribution in [0.15, 0.2) is 54.9 Å². The van der Waals surface area contributed by atoms with Crippen LogP contribution in [0.3, 0.4) is 0 Å². The number of halogens is 1. The standard InChI is InChI=1S/C21H21FN4O3S/c1-25-12-10-23-20(25)19(16-5-3-4-6-17(16)22)24-21(27)15-7-8-18-14(13-15)9-11-26(18)30(2,28)29/h3-8,10,12-13,19H,9,11H2,1-2H3,(H,24,27). The number of aromatic nitrogens is 2. The van der Waals surface area contributed by atoms with Gasteiger partial charge in [-0.3, -0.25) is 9.10 Å². The molecule has 9 heteroatoms. The minimum atomic E-state index is -3.36. The summed E-state index contributed by atoms with van der Waals surface area (Å²) in [6.07, 6.45) is 5.00. The fourth-order valence-electron chi connectivity index (χ4n) is 3.72. The predicted octanol–water partition coefficient (Wildman–Crippen LogP) is 2.40. The van der Waals surface area contributed by atoms with Crippen LogP contribution in [-0.4, -0.2) is 36.7 Å². The Morgan fingerprint density at radius 2 is 2.00 bits per heavy atom. The first-order valence-corrected chi connectivity index (χ1v) is 11.2. The quantitative estimate of drug-likeness (QED) is 0.676. The minimum absolute atomic E-state index is 0.310. The molecule has 0 fully saturated rings. The number of sulfonamides is 1. The fourth-order valence-corrected chi connectivity index (χ4v) is 4.68. The van der Waals surface area contributed by atoms with Crippen LogP contribution in [0.25, 0.3) is 0 Å². The number of imidazole rings is 1. The summed E-state index contributed by atoms with van der Waals surface area (Å²) in [7, 11) is -1.59. The highest BCUT2D eigenvalue weighted by Gasteiger charge is 2.28. The lowest BCUT2D eigenvalue weighted by Gasteiger charge is -2.20. The highest BCUT2D eigenvalue weighted by molar-refractivity contribution is 7.92. The molecule has 1 amide bonds. The van der Waals surface area contributed by atoms with E-state index in [1.54, 1.807) is 60.4 Å². The molecule has 1 aliphatic heterocycles. The molecule has 156 valence electrons. The van der Waals surface area contributed by atoms with Crippen LogP contribution in [0.4, 0.5) is 10.1 Å². The molecule has 7 nitrogen and oxygen atoms in total. The number of nitrogens with zero attached hydrogens (tertiary/aromatic N) is 3. The third kappa shape index (κ3) is 3.68. The lowest BCUT2D eigenvalue weighted by molar-refractivity contribution is 0.0940. The molecule has 1 atom stereocenters. The van der Waals surface area contributed by atoms with Crippen molar-refractivity contribution >= 4 is 21.6 Å². The van der Waals surface area contributed by atoms with E-state index in [4.69, 9.17) is 0 Å². The number of nitrogens with one attached hydrogen (secondary N) is 1. The summed E-state index contributed by atoms with van der Waals surface area (Å²) >= 11 is 0. The summed E-state index contributed by atoms with van der Waals surface area (Å²) in [6, 6.07) is 10.4. The van der Waals surface area contributed by atoms with Crippen molar-refractivity contribution in [3.8, 4) is 0 Å². The average molecular weight is 428 g/mol. The molecule has 0 bridgehead atoms.